The summed E-state index contributed by atoms with van der Waals surface area (Å²) in [6, 6.07) is -1.42. The van der Waals surface area contributed by atoms with Crippen molar-refractivity contribution in [1.29, 1.82) is 0 Å². The minimum absolute atomic E-state index is 0.0477. The lowest BCUT2D eigenvalue weighted by molar-refractivity contribution is -0.144. The lowest BCUT2D eigenvalue weighted by Crippen LogP contribution is -2.34. The summed E-state index contributed by atoms with van der Waals surface area (Å²) in [5, 5.41) is 17.1. The second-order valence-corrected chi connectivity index (χ2v) is 10.2. The Hall–Kier alpha value is -1.85. The van der Waals surface area contributed by atoms with E-state index in [9.17, 15) is 19.0 Å². The van der Waals surface area contributed by atoms with Gasteiger partial charge in [-0.3, -0.25) is 23.3 Å². The highest BCUT2D eigenvalue weighted by molar-refractivity contribution is 7.47. The van der Waals surface area contributed by atoms with Crippen LogP contribution in [-0.2, 0) is 40.9 Å². The number of aliphatic carboxylic acids is 1. The standard InChI is InChI=1S/C23H43N4O8P/c1-2-3-4-6-9-13-20-18-27(26-25-20)15-11-8-5-7-10-14-22(28)33-16-12-17-34-36(31,32)35-19-21(24)23(29)30/h18,21H,2-17,19,24H2,1H3,(H,29,30)(H,31,32)/t21-/m1/s1. The van der Waals surface area contributed by atoms with Crippen LogP contribution in [-0.4, -0.2) is 62.8 Å². The number of carbonyl (C=O) groups is 2. The van der Waals surface area contributed by atoms with E-state index in [4.69, 9.17) is 15.6 Å². The number of nitrogens with zero attached hydrogens (tertiary/aromatic N) is 3. The van der Waals surface area contributed by atoms with Crippen LogP contribution in [0, 0.1) is 0 Å². The zero-order valence-electron chi connectivity index (χ0n) is 21.4. The topological polar surface area (TPSA) is 176 Å². The van der Waals surface area contributed by atoms with Gasteiger partial charge in [0.2, 0.25) is 0 Å². The fourth-order valence-corrected chi connectivity index (χ4v) is 4.11. The summed E-state index contributed by atoms with van der Waals surface area (Å²) in [5.74, 6) is -1.68. The van der Waals surface area contributed by atoms with Gasteiger partial charge in [-0.05, 0) is 25.7 Å². The van der Waals surface area contributed by atoms with Crippen molar-refractivity contribution in [3.63, 3.8) is 0 Å². The fourth-order valence-electron chi connectivity index (χ4n) is 3.33. The van der Waals surface area contributed by atoms with Crippen molar-refractivity contribution >= 4 is 19.8 Å². The van der Waals surface area contributed by atoms with E-state index in [-0.39, 0.29) is 25.6 Å². The number of ether oxygens (including phenoxy) is 1. The molecular formula is C23H43N4O8P. The maximum absolute atomic E-state index is 11.8. The van der Waals surface area contributed by atoms with Crippen molar-refractivity contribution in [2.24, 2.45) is 5.73 Å². The monoisotopic (exact) mass is 534 g/mol. The van der Waals surface area contributed by atoms with Crippen LogP contribution in [0.1, 0.15) is 89.7 Å². The summed E-state index contributed by atoms with van der Waals surface area (Å²) in [7, 11) is -4.40. The molecule has 0 aromatic carbocycles. The lowest BCUT2D eigenvalue weighted by atomic mass is 10.1. The first-order valence-electron chi connectivity index (χ1n) is 12.9. The van der Waals surface area contributed by atoms with E-state index in [2.05, 4.69) is 26.3 Å². The highest BCUT2D eigenvalue weighted by atomic mass is 31.2. The van der Waals surface area contributed by atoms with E-state index in [1.54, 1.807) is 0 Å². The van der Waals surface area contributed by atoms with Crippen molar-refractivity contribution < 1.29 is 37.9 Å². The summed E-state index contributed by atoms with van der Waals surface area (Å²) in [6.07, 6.45) is 14.6. The summed E-state index contributed by atoms with van der Waals surface area (Å²) < 4.78 is 27.7. The van der Waals surface area contributed by atoms with Crippen LogP contribution in [0.25, 0.3) is 0 Å². The Labute approximate surface area is 213 Å². The van der Waals surface area contributed by atoms with Gasteiger partial charge >= 0.3 is 19.8 Å². The number of aryl methyl sites for hydroxylation is 2. The molecule has 1 aromatic heterocycles. The molecule has 1 aromatic rings. The average Bonchev–Trinajstić information content (AvgIpc) is 3.29. The normalized spacial score (nSPS) is 13.9. The second kappa shape index (κ2) is 19.3. The van der Waals surface area contributed by atoms with Crippen LogP contribution >= 0.6 is 7.82 Å². The molecule has 0 spiro atoms. The smallest absolute Gasteiger partial charge is 0.472 e. The van der Waals surface area contributed by atoms with E-state index >= 15 is 0 Å². The molecule has 13 heteroatoms. The van der Waals surface area contributed by atoms with Crippen LogP contribution in [0.2, 0.25) is 0 Å². The third-order valence-corrected chi connectivity index (χ3v) is 6.42. The van der Waals surface area contributed by atoms with Gasteiger partial charge in [-0.15, -0.1) is 5.10 Å². The van der Waals surface area contributed by atoms with E-state index < -0.39 is 26.4 Å². The third-order valence-electron chi connectivity index (χ3n) is 5.43. The molecule has 0 bridgehead atoms. The number of hydrogen-bond donors (Lipinski definition) is 3. The number of aromatic nitrogens is 3. The van der Waals surface area contributed by atoms with E-state index in [1.165, 1.54) is 32.1 Å². The largest absolute Gasteiger partial charge is 0.480 e. The molecule has 1 rings (SSSR count). The van der Waals surface area contributed by atoms with E-state index in [0.717, 1.165) is 50.8 Å². The number of carboxylic acids is 1. The average molecular weight is 535 g/mol. The summed E-state index contributed by atoms with van der Waals surface area (Å²) in [5.41, 5.74) is 6.25. The molecule has 36 heavy (non-hydrogen) atoms. The first-order chi connectivity index (χ1) is 17.2. The molecule has 0 aliphatic rings. The molecule has 4 N–H and O–H groups in total. The molecule has 0 saturated carbocycles. The highest BCUT2D eigenvalue weighted by Gasteiger charge is 2.24. The quantitative estimate of drug-likeness (QED) is 0.106. The number of phosphoric ester groups is 1. The Balaban J connectivity index is 1.97. The minimum Gasteiger partial charge on any atom is -0.480 e. The number of esters is 1. The van der Waals surface area contributed by atoms with Crippen LogP contribution in [0.4, 0.5) is 0 Å². The van der Waals surface area contributed by atoms with Gasteiger partial charge in [0.1, 0.15) is 6.04 Å². The van der Waals surface area contributed by atoms with Gasteiger partial charge < -0.3 is 20.5 Å². The lowest BCUT2D eigenvalue weighted by Gasteiger charge is -2.13. The number of carbonyl (C=O) groups excluding carboxylic acids is 1. The van der Waals surface area contributed by atoms with E-state index in [1.807, 2.05) is 10.9 Å². The number of hydrogen-bond acceptors (Lipinski definition) is 9. The molecule has 12 nitrogen and oxygen atoms in total. The molecule has 0 fully saturated rings. The minimum atomic E-state index is -4.40. The Morgan fingerprint density at radius 3 is 2.47 bits per heavy atom. The van der Waals surface area contributed by atoms with Crippen molar-refractivity contribution in [3.8, 4) is 0 Å². The predicted octanol–water partition coefficient (Wildman–Crippen LogP) is 3.61. The van der Waals surface area contributed by atoms with Gasteiger partial charge in [0.25, 0.3) is 0 Å². The first-order valence-corrected chi connectivity index (χ1v) is 14.4. The van der Waals surface area contributed by atoms with Crippen LogP contribution < -0.4 is 5.73 Å². The van der Waals surface area contributed by atoms with E-state index in [0.29, 0.717) is 6.42 Å². The van der Waals surface area contributed by atoms with Crippen molar-refractivity contribution in [3.05, 3.63) is 11.9 Å². The van der Waals surface area contributed by atoms with Gasteiger partial charge in [0, 0.05) is 25.6 Å². The van der Waals surface area contributed by atoms with Crippen LogP contribution in [0.3, 0.4) is 0 Å². The number of phosphoric acid groups is 1. The molecule has 1 heterocycles. The van der Waals surface area contributed by atoms with Crippen LogP contribution in [0.15, 0.2) is 6.20 Å². The zero-order valence-corrected chi connectivity index (χ0v) is 22.3. The van der Waals surface area contributed by atoms with Gasteiger partial charge in [-0.25, -0.2) is 4.57 Å². The molecule has 2 atom stereocenters. The molecule has 0 amide bonds. The maximum Gasteiger partial charge on any atom is 0.472 e. The van der Waals surface area contributed by atoms with Gasteiger partial charge in [-0.1, -0.05) is 57.1 Å². The number of unbranched alkanes of at least 4 members (excludes halogenated alkanes) is 8. The fraction of sp³-hybridized carbons (Fsp3) is 0.826. The number of nitrogens with two attached hydrogens (primary N) is 1. The second-order valence-electron chi connectivity index (χ2n) is 8.77. The Kier molecular flexibility index (Phi) is 17.2. The molecular weight excluding hydrogens is 491 g/mol. The summed E-state index contributed by atoms with van der Waals surface area (Å²) >= 11 is 0. The van der Waals surface area contributed by atoms with Gasteiger partial charge in [-0.2, -0.15) is 0 Å². The molecule has 0 radical (unpaired) electrons. The van der Waals surface area contributed by atoms with Crippen molar-refractivity contribution in [1.82, 2.24) is 15.0 Å². The van der Waals surface area contributed by atoms with Gasteiger partial charge in [0.05, 0.1) is 25.5 Å². The highest BCUT2D eigenvalue weighted by Crippen LogP contribution is 2.43. The van der Waals surface area contributed by atoms with Crippen molar-refractivity contribution in [2.45, 2.75) is 103 Å². The molecule has 0 aliphatic carbocycles. The predicted molar refractivity (Wildman–Crippen MR) is 133 cm³/mol. The number of carboxylic acid groups (broad SMARTS) is 1. The summed E-state index contributed by atoms with van der Waals surface area (Å²) in [4.78, 5) is 31.7. The molecule has 0 aliphatic heterocycles. The maximum atomic E-state index is 11.8. The first kappa shape index (κ1) is 32.2. The molecule has 0 saturated heterocycles. The third kappa shape index (κ3) is 16.8. The van der Waals surface area contributed by atoms with Crippen molar-refractivity contribution in [2.75, 3.05) is 19.8 Å². The summed E-state index contributed by atoms with van der Waals surface area (Å²) in [6.45, 7) is 2.28. The Morgan fingerprint density at radius 1 is 1.03 bits per heavy atom. The Morgan fingerprint density at radius 2 is 1.72 bits per heavy atom. The zero-order chi connectivity index (χ0) is 26.7. The van der Waals surface area contributed by atoms with Gasteiger partial charge in [0.15, 0.2) is 0 Å². The SMILES string of the molecule is CCCCCCCc1cn(CCCCCCCC(=O)OCCCOP(=O)(O)OC[C@@H](N)C(=O)O)nn1. The number of rotatable bonds is 23. The Bertz CT molecular complexity index is 792. The molecule has 1 unspecified atom stereocenters. The molecule has 208 valence electrons. The van der Waals surface area contributed by atoms with Crippen LogP contribution in [0.5, 0.6) is 0 Å².